The highest BCUT2D eigenvalue weighted by atomic mass is 16.2. The standard InChI is InChI=1S/C24H31N5O2/c1-26-11-21(8-25-26)23(30)28-9-16-7-20(15-28)22-6-5-19(24(31)29(22)10-16)14-27-12-17-3-2-4-18(17)13-27/h5-6,8,11,16-18,20H,2-4,7,9-10,12-15H2,1H3/t16-,17-,18+,20+/m0/s1. The molecule has 1 saturated carbocycles. The van der Waals surface area contributed by atoms with Crippen LogP contribution in [0, 0.1) is 17.8 Å². The first-order valence-corrected chi connectivity index (χ1v) is 11.8. The molecule has 0 aromatic carbocycles. The molecule has 5 heterocycles. The Labute approximate surface area is 182 Å². The van der Waals surface area contributed by atoms with Gasteiger partial charge in [0.05, 0.1) is 11.8 Å². The van der Waals surface area contributed by atoms with Crippen LogP contribution in [-0.2, 0) is 20.1 Å². The average Bonchev–Trinajstić information content (AvgIpc) is 3.46. The fraction of sp³-hybridized carbons (Fsp3) is 0.625. The first-order valence-electron chi connectivity index (χ1n) is 11.8. The first-order chi connectivity index (χ1) is 15.0. The van der Waals surface area contributed by atoms with Gasteiger partial charge in [-0.25, -0.2) is 0 Å². The summed E-state index contributed by atoms with van der Waals surface area (Å²) in [5.41, 5.74) is 2.88. The molecular weight excluding hydrogens is 390 g/mol. The fourth-order valence-corrected chi connectivity index (χ4v) is 6.69. The van der Waals surface area contributed by atoms with E-state index in [1.165, 1.54) is 19.3 Å². The van der Waals surface area contributed by atoms with Crippen molar-refractivity contribution in [1.82, 2.24) is 24.1 Å². The number of aryl methyl sites for hydroxylation is 1. The zero-order chi connectivity index (χ0) is 21.1. The number of hydrogen-bond acceptors (Lipinski definition) is 4. The molecule has 6 rings (SSSR count). The molecule has 3 aliphatic heterocycles. The number of carbonyl (C=O) groups excluding carboxylic acids is 1. The minimum absolute atomic E-state index is 0.0507. The van der Waals surface area contributed by atoms with Crippen LogP contribution < -0.4 is 5.56 Å². The van der Waals surface area contributed by atoms with Crippen molar-refractivity contribution in [2.45, 2.75) is 44.7 Å². The molecule has 7 nitrogen and oxygen atoms in total. The van der Waals surface area contributed by atoms with Gasteiger partial charge in [-0.15, -0.1) is 0 Å². The van der Waals surface area contributed by atoms with Crippen molar-refractivity contribution < 1.29 is 4.79 Å². The molecular formula is C24H31N5O2. The van der Waals surface area contributed by atoms with E-state index in [2.05, 4.69) is 22.1 Å². The highest BCUT2D eigenvalue weighted by Gasteiger charge is 2.38. The molecule has 2 aromatic rings. The van der Waals surface area contributed by atoms with Gasteiger partial charge in [0.25, 0.3) is 11.5 Å². The Morgan fingerprint density at radius 3 is 2.65 bits per heavy atom. The van der Waals surface area contributed by atoms with Gasteiger partial charge >= 0.3 is 0 Å². The molecule has 1 aliphatic carbocycles. The molecule has 7 heteroatoms. The van der Waals surface area contributed by atoms with Gasteiger partial charge in [0.2, 0.25) is 0 Å². The molecule has 2 saturated heterocycles. The van der Waals surface area contributed by atoms with Crippen LogP contribution in [0.25, 0.3) is 0 Å². The van der Waals surface area contributed by atoms with Crippen LogP contribution in [0.1, 0.15) is 53.2 Å². The second-order valence-corrected chi connectivity index (χ2v) is 10.3. The Hall–Kier alpha value is -2.41. The van der Waals surface area contributed by atoms with E-state index in [0.717, 1.165) is 62.2 Å². The molecule has 4 aliphatic rings. The van der Waals surface area contributed by atoms with E-state index in [9.17, 15) is 9.59 Å². The van der Waals surface area contributed by atoms with E-state index in [1.807, 2.05) is 16.5 Å². The van der Waals surface area contributed by atoms with Gasteiger partial charge in [0.1, 0.15) is 0 Å². The van der Waals surface area contributed by atoms with Crippen LogP contribution in [-0.4, -0.2) is 56.2 Å². The van der Waals surface area contributed by atoms with Crippen molar-refractivity contribution in [2.24, 2.45) is 24.8 Å². The summed E-state index contributed by atoms with van der Waals surface area (Å²) in [6, 6.07) is 4.22. The first kappa shape index (κ1) is 19.3. The monoisotopic (exact) mass is 421 g/mol. The molecule has 31 heavy (non-hydrogen) atoms. The van der Waals surface area contributed by atoms with Crippen molar-refractivity contribution >= 4 is 5.91 Å². The predicted molar refractivity (Wildman–Crippen MR) is 117 cm³/mol. The number of likely N-dealkylation sites (tertiary alicyclic amines) is 2. The lowest BCUT2D eigenvalue weighted by atomic mass is 9.82. The second-order valence-electron chi connectivity index (χ2n) is 10.3. The third-order valence-corrected chi connectivity index (χ3v) is 8.12. The van der Waals surface area contributed by atoms with Crippen molar-refractivity contribution in [2.75, 3.05) is 26.2 Å². The SMILES string of the molecule is Cn1cc(C(=O)N2C[C@@H]3C[C@H](C2)c2ccc(CN4C[C@H]5CCC[C@H]5C4)c(=O)n2C3)cn1. The van der Waals surface area contributed by atoms with Crippen LogP contribution >= 0.6 is 0 Å². The number of fused-ring (bicyclic) bond motifs is 5. The summed E-state index contributed by atoms with van der Waals surface area (Å²) in [7, 11) is 1.83. The highest BCUT2D eigenvalue weighted by Crippen LogP contribution is 2.38. The molecule has 164 valence electrons. The van der Waals surface area contributed by atoms with Gasteiger partial charge in [-0.2, -0.15) is 5.10 Å². The number of pyridine rings is 1. The molecule has 3 fully saturated rings. The lowest BCUT2D eigenvalue weighted by Gasteiger charge is -2.42. The number of piperidine rings is 1. The maximum absolute atomic E-state index is 13.4. The Kier molecular flexibility index (Phi) is 4.56. The summed E-state index contributed by atoms with van der Waals surface area (Å²) in [5.74, 6) is 2.33. The molecule has 0 radical (unpaired) electrons. The predicted octanol–water partition coefficient (Wildman–Crippen LogP) is 2.07. The van der Waals surface area contributed by atoms with Crippen LogP contribution in [0.2, 0.25) is 0 Å². The van der Waals surface area contributed by atoms with E-state index in [0.29, 0.717) is 18.0 Å². The molecule has 0 spiro atoms. The minimum atomic E-state index is 0.0507. The Morgan fingerprint density at radius 1 is 1.10 bits per heavy atom. The molecule has 2 aromatic heterocycles. The largest absolute Gasteiger partial charge is 0.338 e. The quantitative estimate of drug-likeness (QED) is 0.761. The third kappa shape index (κ3) is 3.34. The molecule has 0 unspecified atom stereocenters. The Balaban J connectivity index is 1.21. The van der Waals surface area contributed by atoms with Crippen molar-refractivity contribution in [1.29, 1.82) is 0 Å². The van der Waals surface area contributed by atoms with Crippen LogP contribution in [0.5, 0.6) is 0 Å². The molecule has 1 amide bonds. The van der Waals surface area contributed by atoms with E-state index >= 15 is 0 Å². The molecule has 2 bridgehead atoms. The minimum Gasteiger partial charge on any atom is -0.338 e. The summed E-state index contributed by atoms with van der Waals surface area (Å²) in [6.07, 6.45) is 8.59. The average molecular weight is 422 g/mol. The second kappa shape index (κ2) is 7.33. The van der Waals surface area contributed by atoms with Gasteiger partial charge in [-0.1, -0.05) is 12.5 Å². The smallest absolute Gasteiger partial charge is 0.257 e. The zero-order valence-electron chi connectivity index (χ0n) is 18.2. The number of rotatable bonds is 3. The molecule has 4 atom stereocenters. The number of amides is 1. The maximum atomic E-state index is 13.4. The molecule has 0 N–H and O–H groups in total. The number of aromatic nitrogens is 3. The van der Waals surface area contributed by atoms with Gasteiger partial charge in [-0.05, 0) is 43.1 Å². The summed E-state index contributed by atoms with van der Waals surface area (Å²) in [5, 5.41) is 4.14. The van der Waals surface area contributed by atoms with Gasteiger partial charge in [-0.3, -0.25) is 19.2 Å². The van der Waals surface area contributed by atoms with E-state index in [1.54, 1.807) is 17.1 Å². The number of carbonyl (C=O) groups is 1. The van der Waals surface area contributed by atoms with Crippen LogP contribution in [0.4, 0.5) is 0 Å². The Morgan fingerprint density at radius 2 is 1.90 bits per heavy atom. The van der Waals surface area contributed by atoms with E-state index in [4.69, 9.17) is 0 Å². The van der Waals surface area contributed by atoms with Crippen molar-refractivity contribution in [3.05, 3.63) is 51.7 Å². The lowest BCUT2D eigenvalue weighted by Crippen LogP contribution is -2.49. The maximum Gasteiger partial charge on any atom is 0.257 e. The zero-order valence-corrected chi connectivity index (χ0v) is 18.2. The van der Waals surface area contributed by atoms with Gasteiger partial charge in [0.15, 0.2) is 0 Å². The number of hydrogen-bond donors (Lipinski definition) is 0. The summed E-state index contributed by atoms with van der Waals surface area (Å²) >= 11 is 0. The number of nitrogens with zero attached hydrogens (tertiary/aromatic N) is 5. The normalized spacial score (nSPS) is 29.8. The van der Waals surface area contributed by atoms with E-state index in [-0.39, 0.29) is 17.4 Å². The van der Waals surface area contributed by atoms with Gasteiger partial charge in [0, 0.05) is 69.7 Å². The van der Waals surface area contributed by atoms with Crippen molar-refractivity contribution in [3.8, 4) is 0 Å². The fourth-order valence-electron chi connectivity index (χ4n) is 6.69. The highest BCUT2D eigenvalue weighted by molar-refractivity contribution is 5.93. The van der Waals surface area contributed by atoms with Crippen LogP contribution in [0.3, 0.4) is 0 Å². The van der Waals surface area contributed by atoms with Crippen molar-refractivity contribution in [3.63, 3.8) is 0 Å². The Bertz CT molecular complexity index is 1060. The third-order valence-electron chi connectivity index (χ3n) is 8.12. The summed E-state index contributed by atoms with van der Waals surface area (Å²) < 4.78 is 3.69. The summed E-state index contributed by atoms with van der Waals surface area (Å²) in [6.45, 7) is 5.22. The van der Waals surface area contributed by atoms with E-state index < -0.39 is 0 Å². The topological polar surface area (TPSA) is 63.4 Å². The lowest BCUT2D eigenvalue weighted by molar-refractivity contribution is 0.0594. The summed E-state index contributed by atoms with van der Waals surface area (Å²) in [4.78, 5) is 30.8. The van der Waals surface area contributed by atoms with Gasteiger partial charge < -0.3 is 9.47 Å². The van der Waals surface area contributed by atoms with Crippen LogP contribution in [0.15, 0.2) is 29.3 Å².